The Kier molecular flexibility index (Phi) is 6.27. The van der Waals surface area contributed by atoms with E-state index in [1.54, 1.807) is 18.2 Å². The second-order valence-electron chi connectivity index (χ2n) is 6.70. The van der Waals surface area contributed by atoms with Crippen LogP contribution in [-0.4, -0.2) is 33.9 Å². The number of nitrogens with zero attached hydrogens (tertiary/aromatic N) is 1. The molecule has 3 rings (SSSR count). The van der Waals surface area contributed by atoms with E-state index in [2.05, 4.69) is 10.0 Å². The zero-order valence-electron chi connectivity index (χ0n) is 16.5. The monoisotopic (exact) mass is 475 g/mol. The van der Waals surface area contributed by atoms with Gasteiger partial charge in [0.1, 0.15) is 0 Å². The van der Waals surface area contributed by atoms with Crippen molar-refractivity contribution in [1.82, 2.24) is 0 Å². The van der Waals surface area contributed by atoms with Gasteiger partial charge in [-0.3, -0.25) is 19.6 Å². The van der Waals surface area contributed by atoms with Gasteiger partial charge in [0.2, 0.25) is 0 Å². The molecule has 0 aromatic heterocycles. The Balaban J connectivity index is 1.87. The summed E-state index contributed by atoms with van der Waals surface area (Å²) in [6, 6.07) is 16.3. The molecule has 3 aromatic carbocycles. The first-order valence-corrected chi connectivity index (χ1v) is 12.3. The van der Waals surface area contributed by atoms with Gasteiger partial charge < -0.3 is 5.32 Å². The number of rotatable bonds is 7. The number of carbonyl (C=O) groups excluding carboxylic acids is 1. The Morgan fingerprint density at radius 2 is 1.50 bits per heavy atom. The number of hydrogen-bond acceptors (Lipinski definition) is 7. The Hall–Kier alpha value is -3.77. The zero-order valence-corrected chi connectivity index (χ0v) is 18.2. The molecule has 1 amide bonds. The fraction of sp³-hybridized carbons (Fsp3) is 0.0500. The molecule has 0 aliphatic heterocycles. The lowest BCUT2D eigenvalue weighted by Crippen LogP contribution is -2.15. The van der Waals surface area contributed by atoms with Gasteiger partial charge in [0, 0.05) is 29.6 Å². The lowest BCUT2D eigenvalue weighted by molar-refractivity contribution is -0.385. The number of hydrogen-bond donors (Lipinski definition) is 2. The molecule has 0 heterocycles. The lowest BCUT2D eigenvalue weighted by Gasteiger charge is -2.11. The van der Waals surface area contributed by atoms with Crippen LogP contribution in [-0.2, 0) is 19.9 Å². The van der Waals surface area contributed by atoms with Crippen molar-refractivity contribution in [2.75, 3.05) is 16.3 Å². The van der Waals surface area contributed by atoms with Crippen molar-refractivity contribution in [1.29, 1.82) is 0 Å². The van der Waals surface area contributed by atoms with Crippen LogP contribution in [0.15, 0.2) is 82.6 Å². The van der Waals surface area contributed by atoms with Crippen LogP contribution in [0.1, 0.15) is 10.4 Å². The molecule has 0 bridgehead atoms. The van der Waals surface area contributed by atoms with Crippen molar-refractivity contribution in [3.63, 3.8) is 0 Å². The van der Waals surface area contributed by atoms with Gasteiger partial charge in [-0.2, -0.15) is 0 Å². The standard InChI is InChI=1S/C20H17N3O7S2/c1-31(27,28)19-11-14(10-17(13-19)23(25)26)20(24)21-15-6-5-7-16(12-15)22-32(29,30)18-8-3-2-4-9-18/h2-13,22H,1H3,(H,21,24). The summed E-state index contributed by atoms with van der Waals surface area (Å²) in [7, 11) is -7.65. The summed E-state index contributed by atoms with van der Waals surface area (Å²) in [6.07, 6.45) is 0.871. The smallest absolute Gasteiger partial charge is 0.271 e. The molecule has 0 spiro atoms. The number of nitro benzene ring substituents is 1. The third kappa shape index (κ3) is 5.47. The van der Waals surface area contributed by atoms with Gasteiger partial charge in [0.15, 0.2) is 9.84 Å². The normalized spacial score (nSPS) is 11.5. The van der Waals surface area contributed by atoms with Crippen LogP contribution in [0.2, 0.25) is 0 Å². The number of non-ortho nitro benzene ring substituents is 1. The highest BCUT2D eigenvalue weighted by atomic mass is 32.2. The minimum atomic E-state index is -3.85. The molecule has 3 aromatic rings. The minimum Gasteiger partial charge on any atom is -0.322 e. The lowest BCUT2D eigenvalue weighted by atomic mass is 10.2. The predicted octanol–water partition coefficient (Wildman–Crippen LogP) is 3.05. The van der Waals surface area contributed by atoms with E-state index < -0.39 is 36.4 Å². The molecule has 0 fully saturated rings. The number of amides is 1. The van der Waals surface area contributed by atoms with Crippen LogP contribution in [0.5, 0.6) is 0 Å². The molecule has 0 saturated heterocycles. The van der Waals surface area contributed by atoms with E-state index in [1.165, 1.54) is 36.4 Å². The maximum atomic E-state index is 12.6. The summed E-state index contributed by atoms with van der Waals surface area (Å²) in [5.74, 6) is -0.804. The maximum Gasteiger partial charge on any atom is 0.271 e. The summed E-state index contributed by atoms with van der Waals surface area (Å²) < 4.78 is 51.0. The third-order valence-electron chi connectivity index (χ3n) is 4.22. The first-order valence-electron chi connectivity index (χ1n) is 8.94. The maximum absolute atomic E-state index is 12.6. The van der Waals surface area contributed by atoms with Crippen molar-refractivity contribution < 1.29 is 26.6 Å². The molecule has 2 N–H and O–H groups in total. The van der Waals surface area contributed by atoms with Crippen molar-refractivity contribution in [3.05, 3.63) is 88.5 Å². The van der Waals surface area contributed by atoms with E-state index >= 15 is 0 Å². The first-order chi connectivity index (χ1) is 15.0. The number of anilines is 2. The Bertz CT molecular complexity index is 1400. The van der Waals surface area contributed by atoms with Crippen molar-refractivity contribution in [3.8, 4) is 0 Å². The minimum absolute atomic E-state index is 0.0549. The molecular weight excluding hydrogens is 458 g/mol. The first kappa shape index (κ1) is 22.9. The number of carbonyl (C=O) groups is 1. The quantitative estimate of drug-likeness (QED) is 0.393. The van der Waals surface area contributed by atoms with Gasteiger partial charge in [0.05, 0.1) is 20.4 Å². The van der Waals surface area contributed by atoms with Crippen LogP contribution in [0.3, 0.4) is 0 Å². The molecule has 0 aliphatic rings. The number of benzene rings is 3. The van der Waals surface area contributed by atoms with Crippen LogP contribution < -0.4 is 10.0 Å². The van der Waals surface area contributed by atoms with Crippen LogP contribution >= 0.6 is 0 Å². The summed E-state index contributed by atoms with van der Waals surface area (Å²) in [6.45, 7) is 0. The zero-order chi connectivity index (χ0) is 23.5. The predicted molar refractivity (Wildman–Crippen MR) is 118 cm³/mol. The Labute approximate surface area is 184 Å². The van der Waals surface area contributed by atoms with Crippen molar-refractivity contribution in [2.45, 2.75) is 9.79 Å². The molecule has 0 atom stereocenters. The summed E-state index contributed by atoms with van der Waals surface area (Å²) >= 11 is 0. The average Bonchev–Trinajstić information content (AvgIpc) is 2.73. The van der Waals surface area contributed by atoms with Gasteiger partial charge in [-0.05, 0) is 36.4 Å². The van der Waals surface area contributed by atoms with Gasteiger partial charge >= 0.3 is 0 Å². The molecule has 166 valence electrons. The fourth-order valence-corrected chi connectivity index (χ4v) is 4.46. The van der Waals surface area contributed by atoms with Crippen LogP contribution in [0, 0.1) is 10.1 Å². The fourth-order valence-electron chi connectivity index (χ4n) is 2.71. The number of nitrogens with one attached hydrogen (secondary N) is 2. The molecular formula is C20H17N3O7S2. The van der Waals surface area contributed by atoms with Crippen molar-refractivity contribution >= 4 is 42.8 Å². The molecule has 0 saturated carbocycles. The Morgan fingerprint density at radius 3 is 2.12 bits per heavy atom. The number of sulfone groups is 1. The highest BCUT2D eigenvalue weighted by molar-refractivity contribution is 7.92. The van der Waals surface area contributed by atoms with Gasteiger partial charge in [-0.1, -0.05) is 24.3 Å². The molecule has 0 aliphatic carbocycles. The van der Waals surface area contributed by atoms with Gasteiger partial charge in [-0.15, -0.1) is 0 Å². The third-order valence-corrected chi connectivity index (χ3v) is 6.71. The number of nitro groups is 1. The average molecular weight is 476 g/mol. The van der Waals surface area contributed by atoms with E-state index in [0.29, 0.717) is 0 Å². The second kappa shape index (κ2) is 8.77. The molecule has 12 heteroatoms. The summed E-state index contributed by atoms with van der Waals surface area (Å²) in [4.78, 5) is 22.6. The van der Waals surface area contributed by atoms with Crippen LogP contribution in [0.25, 0.3) is 0 Å². The second-order valence-corrected chi connectivity index (χ2v) is 10.4. The highest BCUT2D eigenvalue weighted by Crippen LogP contribution is 2.23. The SMILES string of the molecule is CS(=O)(=O)c1cc(C(=O)Nc2cccc(NS(=O)(=O)c3ccccc3)c2)cc([N+](=O)[O-])c1. The van der Waals surface area contributed by atoms with E-state index in [9.17, 15) is 31.7 Å². The summed E-state index contributed by atoms with van der Waals surface area (Å²) in [5.41, 5.74) is -0.435. The van der Waals surface area contributed by atoms with E-state index in [1.807, 2.05) is 0 Å². The van der Waals surface area contributed by atoms with Crippen molar-refractivity contribution in [2.24, 2.45) is 0 Å². The van der Waals surface area contributed by atoms with E-state index in [4.69, 9.17) is 0 Å². The van der Waals surface area contributed by atoms with E-state index in [-0.39, 0.29) is 26.7 Å². The topological polar surface area (TPSA) is 153 Å². The highest BCUT2D eigenvalue weighted by Gasteiger charge is 2.20. The Morgan fingerprint density at radius 1 is 0.844 bits per heavy atom. The molecule has 10 nitrogen and oxygen atoms in total. The number of sulfonamides is 1. The van der Waals surface area contributed by atoms with E-state index in [0.717, 1.165) is 24.5 Å². The summed E-state index contributed by atoms with van der Waals surface area (Å²) in [5, 5.41) is 13.6. The molecule has 0 unspecified atom stereocenters. The molecule has 32 heavy (non-hydrogen) atoms. The van der Waals surface area contributed by atoms with Gasteiger partial charge in [-0.25, -0.2) is 16.8 Å². The largest absolute Gasteiger partial charge is 0.322 e. The molecule has 0 radical (unpaired) electrons. The van der Waals surface area contributed by atoms with Gasteiger partial charge in [0.25, 0.3) is 21.6 Å². The van der Waals surface area contributed by atoms with Crippen LogP contribution in [0.4, 0.5) is 17.1 Å².